The van der Waals surface area contributed by atoms with Crippen LogP contribution in [-0.4, -0.2) is 33.1 Å². The van der Waals surface area contributed by atoms with E-state index >= 15 is 4.39 Å². The van der Waals surface area contributed by atoms with Crippen LogP contribution in [0.3, 0.4) is 0 Å². The lowest BCUT2D eigenvalue weighted by Crippen LogP contribution is -2.40. The first-order valence-corrected chi connectivity index (χ1v) is 14.0. The lowest BCUT2D eigenvalue weighted by molar-refractivity contribution is 0.142. The Balaban J connectivity index is 0.000000307. The summed E-state index contributed by atoms with van der Waals surface area (Å²) in [7, 11) is 0. The molecule has 1 aliphatic rings. The Bertz CT molecular complexity index is 1510. The number of aromatic hydroxyl groups is 1. The van der Waals surface area contributed by atoms with E-state index in [-0.39, 0.29) is 38.7 Å². The van der Waals surface area contributed by atoms with Gasteiger partial charge in [0.05, 0.1) is 11.1 Å². The van der Waals surface area contributed by atoms with Gasteiger partial charge in [-0.05, 0) is 87.4 Å². The maximum absolute atomic E-state index is 15.5. The number of likely N-dealkylation sites (tertiary alicyclic amines) is 1. The molecule has 1 fully saturated rings. The van der Waals surface area contributed by atoms with Gasteiger partial charge in [0.15, 0.2) is 5.82 Å². The quantitative estimate of drug-likeness (QED) is 0.248. The number of phenolic OH excluding ortho intramolecular Hbond substituents is 1. The summed E-state index contributed by atoms with van der Waals surface area (Å²) in [5, 5.41) is 10.8. The summed E-state index contributed by atoms with van der Waals surface area (Å²) >= 11 is 5.97. The molecule has 1 aromatic heterocycles. The first kappa shape index (κ1) is 31.1. The van der Waals surface area contributed by atoms with Gasteiger partial charge < -0.3 is 5.11 Å². The third-order valence-corrected chi connectivity index (χ3v) is 8.05. The van der Waals surface area contributed by atoms with Crippen molar-refractivity contribution in [3.05, 3.63) is 68.8 Å². The van der Waals surface area contributed by atoms with Crippen LogP contribution in [0, 0.1) is 37.5 Å². The van der Waals surface area contributed by atoms with Gasteiger partial charge in [0.1, 0.15) is 17.3 Å². The van der Waals surface area contributed by atoms with Crippen molar-refractivity contribution in [1.29, 1.82) is 0 Å². The highest BCUT2D eigenvalue weighted by molar-refractivity contribution is 6.33. The first-order valence-electron chi connectivity index (χ1n) is 13.6. The monoisotopic (exact) mass is 564 g/mol. The van der Waals surface area contributed by atoms with E-state index in [1.807, 2.05) is 0 Å². The molecule has 2 unspecified atom stereocenters. The number of rotatable bonds is 5. The Morgan fingerprint density at radius 3 is 2.35 bits per heavy atom. The number of phenols is 1. The molecule has 0 amide bonds. The fourth-order valence-electron chi connectivity index (χ4n) is 5.83. The lowest BCUT2D eigenvalue weighted by Gasteiger charge is -2.32. The van der Waals surface area contributed by atoms with Gasteiger partial charge in [0.2, 0.25) is 0 Å². The SMILES string of the molecule is C#Cc1c(F)ccc2cc(O)cc(-c3ncc(C)c(/C(C)=C(/Cl)[N+]#C)c3F)c12.CCC1CCC(CC)N1C(C)C. The van der Waals surface area contributed by atoms with Crippen LogP contribution in [0.15, 0.2) is 35.6 Å². The van der Waals surface area contributed by atoms with Crippen LogP contribution in [0.1, 0.15) is 77.0 Å². The fraction of sp³-hybridized carbons (Fsp3) is 0.394. The van der Waals surface area contributed by atoms with Crippen molar-refractivity contribution in [3.8, 4) is 35.9 Å². The number of aromatic nitrogens is 1. The molecule has 0 radical (unpaired) electrons. The molecule has 4 nitrogen and oxygen atoms in total. The van der Waals surface area contributed by atoms with Gasteiger partial charge in [0.25, 0.3) is 6.57 Å². The third-order valence-electron chi connectivity index (χ3n) is 7.67. The summed E-state index contributed by atoms with van der Waals surface area (Å²) in [6.07, 6.45) is 12.4. The van der Waals surface area contributed by atoms with Crippen molar-refractivity contribution in [2.75, 3.05) is 0 Å². The van der Waals surface area contributed by atoms with E-state index in [0.29, 0.717) is 16.5 Å². The number of pyridine rings is 1. The van der Waals surface area contributed by atoms with E-state index in [1.54, 1.807) is 13.8 Å². The van der Waals surface area contributed by atoms with Gasteiger partial charge in [-0.1, -0.05) is 25.8 Å². The van der Waals surface area contributed by atoms with Gasteiger partial charge in [-0.15, -0.1) is 6.42 Å². The molecular weight excluding hydrogens is 528 g/mol. The maximum Gasteiger partial charge on any atom is 0.412 e. The zero-order valence-electron chi connectivity index (χ0n) is 24.0. The molecule has 2 atom stereocenters. The molecule has 3 aromatic rings. The normalized spacial score (nSPS) is 17.7. The molecule has 1 N–H and O–H groups in total. The average molecular weight is 565 g/mol. The number of hydrogen-bond donors (Lipinski definition) is 1. The van der Waals surface area contributed by atoms with Crippen LogP contribution in [0.4, 0.5) is 8.78 Å². The number of halogens is 3. The highest BCUT2D eigenvalue weighted by Gasteiger charge is 2.32. The number of hydrogen-bond acceptors (Lipinski definition) is 3. The Morgan fingerprint density at radius 2 is 1.82 bits per heavy atom. The standard InChI is InChI=1S/C22H13ClF2N2O.C11H23N/c1-5-15-17(24)7-6-13-8-14(28)9-16(19(13)15)21-20(25)18(11(2)10-27-21)12(3)22(23)26-4;1-5-10-7-8-11(6-2)12(10)9(3)4/h1,4,6-10H,2-3H3;9-11H,5-8H2,1-4H3/p+1/b22-12-;. The highest BCUT2D eigenvalue weighted by atomic mass is 35.5. The summed E-state index contributed by atoms with van der Waals surface area (Å²) < 4.78 is 29.8. The predicted octanol–water partition coefficient (Wildman–Crippen LogP) is 9.11. The largest absolute Gasteiger partial charge is 0.508 e. The predicted molar refractivity (Wildman–Crippen MR) is 163 cm³/mol. The summed E-state index contributed by atoms with van der Waals surface area (Å²) in [5.74, 6) is 0.819. The van der Waals surface area contributed by atoms with Gasteiger partial charge >= 0.3 is 5.16 Å². The first-order chi connectivity index (χ1) is 19.0. The van der Waals surface area contributed by atoms with E-state index in [1.165, 1.54) is 56.1 Å². The summed E-state index contributed by atoms with van der Waals surface area (Å²) in [6.45, 7) is 17.7. The average Bonchev–Trinajstić information content (AvgIpc) is 3.36. The van der Waals surface area contributed by atoms with Crippen molar-refractivity contribution < 1.29 is 13.9 Å². The number of benzene rings is 2. The van der Waals surface area contributed by atoms with Crippen LogP contribution < -0.4 is 0 Å². The minimum atomic E-state index is -0.710. The Hall–Kier alpha value is -3.45. The smallest absolute Gasteiger partial charge is 0.412 e. The molecule has 2 aromatic carbocycles. The summed E-state index contributed by atoms with van der Waals surface area (Å²) in [6, 6.07) is 7.84. The van der Waals surface area contributed by atoms with Crippen molar-refractivity contribution in [3.63, 3.8) is 0 Å². The van der Waals surface area contributed by atoms with E-state index in [0.717, 1.165) is 18.1 Å². The minimum absolute atomic E-state index is 0.0434. The summed E-state index contributed by atoms with van der Waals surface area (Å²) in [4.78, 5) is 10.3. The molecule has 1 saturated heterocycles. The summed E-state index contributed by atoms with van der Waals surface area (Å²) in [5.41, 5.74) is 1.00. The van der Waals surface area contributed by atoms with Gasteiger partial charge in [-0.25, -0.2) is 8.78 Å². The van der Waals surface area contributed by atoms with Crippen LogP contribution in [0.25, 0.3) is 32.4 Å². The molecule has 0 saturated carbocycles. The number of fused-ring (bicyclic) bond motifs is 1. The lowest BCUT2D eigenvalue weighted by atomic mass is 9.94. The molecule has 7 heteroatoms. The van der Waals surface area contributed by atoms with Crippen molar-refractivity contribution in [2.45, 2.75) is 85.4 Å². The van der Waals surface area contributed by atoms with Crippen molar-refractivity contribution >= 4 is 27.9 Å². The van der Waals surface area contributed by atoms with Crippen LogP contribution in [-0.2, 0) is 0 Å². The second-order valence-electron chi connectivity index (χ2n) is 10.4. The number of allylic oxidation sites excluding steroid dienone is 1. The molecular formula is C33H37ClF2N3O+. The third kappa shape index (κ3) is 6.15. The Kier molecular flexibility index (Phi) is 10.3. The highest BCUT2D eigenvalue weighted by Crippen LogP contribution is 2.38. The van der Waals surface area contributed by atoms with E-state index in [4.69, 9.17) is 24.6 Å². The molecule has 1 aliphatic heterocycles. The number of aryl methyl sites for hydroxylation is 1. The number of terminal acetylenes is 1. The topological polar surface area (TPSA) is 40.7 Å². The molecule has 2 heterocycles. The zero-order chi connectivity index (χ0) is 29.7. The van der Waals surface area contributed by atoms with Crippen LogP contribution in [0.2, 0.25) is 0 Å². The molecule has 0 aliphatic carbocycles. The number of nitrogens with zero attached hydrogens (tertiary/aromatic N) is 3. The van der Waals surface area contributed by atoms with Gasteiger partial charge in [-0.3, -0.25) is 9.88 Å². The maximum atomic E-state index is 15.5. The van der Waals surface area contributed by atoms with E-state index < -0.39 is 11.6 Å². The second-order valence-corrected chi connectivity index (χ2v) is 10.8. The molecule has 40 heavy (non-hydrogen) atoms. The van der Waals surface area contributed by atoms with Crippen LogP contribution >= 0.6 is 11.6 Å². The van der Waals surface area contributed by atoms with E-state index in [9.17, 15) is 9.50 Å². The van der Waals surface area contributed by atoms with Crippen molar-refractivity contribution in [1.82, 2.24) is 9.88 Å². The molecule has 0 spiro atoms. The molecule has 210 valence electrons. The van der Waals surface area contributed by atoms with Gasteiger partial charge in [0, 0.05) is 52.4 Å². The molecule has 4 rings (SSSR count). The zero-order valence-corrected chi connectivity index (χ0v) is 24.8. The Morgan fingerprint density at radius 1 is 1.20 bits per heavy atom. The van der Waals surface area contributed by atoms with Crippen LogP contribution in [0.5, 0.6) is 5.75 Å². The Labute approximate surface area is 241 Å². The van der Waals surface area contributed by atoms with Gasteiger partial charge in [-0.2, -0.15) is 0 Å². The second kappa shape index (κ2) is 13.3. The van der Waals surface area contributed by atoms with E-state index in [2.05, 4.69) is 48.3 Å². The minimum Gasteiger partial charge on any atom is -0.508 e. The fourth-order valence-corrected chi connectivity index (χ4v) is 5.92. The van der Waals surface area contributed by atoms with Crippen molar-refractivity contribution in [2.24, 2.45) is 0 Å². The molecule has 0 bridgehead atoms.